The van der Waals surface area contributed by atoms with Crippen LogP contribution in [0.1, 0.15) is 297 Å². The van der Waals surface area contributed by atoms with Gasteiger partial charge in [0, 0.05) is 32.0 Å². The minimum Gasteiger partial charge on any atom is -0.352 e. The van der Waals surface area contributed by atoms with E-state index in [1.807, 2.05) is 0 Å². The Kier molecular flexibility index (Phi) is 49.3. The molecule has 0 aliphatic rings. The molecule has 0 radical (unpaired) electrons. The van der Waals surface area contributed by atoms with Crippen molar-refractivity contribution in [2.24, 2.45) is 0 Å². The molecule has 0 heterocycles. The Morgan fingerprint density at radius 3 is 1.00 bits per heavy atom. The number of unbranched alkanes of at least 4 members (excludes halogenated alkanes) is 34. The van der Waals surface area contributed by atoms with Gasteiger partial charge < -0.3 is 10.2 Å². The molecule has 61 heavy (non-hydrogen) atoms. The van der Waals surface area contributed by atoms with Gasteiger partial charge in [-0.2, -0.15) is 0 Å². The van der Waals surface area contributed by atoms with E-state index in [1.165, 1.54) is 225 Å². The molecule has 0 aromatic carbocycles. The summed E-state index contributed by atoms with van der Waals surface area (Å²) in [6, 6.07) is -0.0113. The lowest BCUT2D eigenvalue weighted by Crippen LogP contribution is -2.44. The largest absolute Gasteiger partial charge is 0.352 e. The molecular weight excluding hydrogens is 745 g/mol. The lowest BCUT2D eigenvalue weighted by atomic mass is 10.1. The van der Waals surface area contributed by atoms with Crippen LogP contribution >= 0.6 is 0 Å². The van der Waals surface area contributed by atoms with Crippen molar-refractivity contribution < 1.29 is 9.59 Å². The smallest absolute Gasteiger partial charge is 0.222 e. The summed E-state index contributed by atoms with van der Waals surface area (Å²) in [5.41, 5.74) is 0. The summed E-state index contributed by atoms with van der Waals surface area (Å²) >= 11 is 0. The Labute approximate surface area is 383 Å². The molecule has 0 aliphatic carbocycles. The maximum atomic E-state index is 13.5. The molecule has 0 aliphatic heterocycles. The van der Waals surface area contributed by atoms with Gasteiger partial charge in [-0.1, -0.05) is 218 Å². The van der Waals surface area contributed by atoms with Crippen LogP contribution in [0, 0.1) is 0 Å². The lowest BCUT2D eigenvalue weighted by molar-refractivity contribution is -0.132. The highest BCUT2D eigenvalue weighted by Crippen LogP contribution is 2.15. The van der Waals surface area contributed by atoms with E-state index < -0.39 is 0 Å². The number of hydrogen-bond donors (Lipinski definition) is 1. The standard InChI is InChI=1S/C57H108N2O2/c1-5-8-11-14-17-20-23-26-29-32-35-38-41-44-47-50-53-59(57(61)52-49-46-43-40-37-34-31-28-25-22-19-16-13-10-7-3)54-55(4)58-56(60)51-48-45-42-39-36-33-30-27-24-21-18-15-12-9-6-2/h26-31,55H,5-25,32-54H2,1-4H3,(H,58,60)/b29-26-,30-27-,31-28-. The number of carbonyl (C=O) groups is 2. The van der Waals surface area contributed by atoms with Crippen LogP contribution in [-0.2, 0) is 9.59 Å². The third-order valence-corrected chi connectivity index (χ3v) is 12.5. The second-order valence-corrected chi connectivity index (χ2v) is 18.9. The monoisotopic (exact) mass is 853 g/mol. The summed E-state index contributed by atoms with van der Waals surface area (Å²) in [6.07, 6.45) is 66.7. The van der Waals surface area contributed by atoms with Crippen molar-refractivity contribution in [1.29, 1.82) is 0 Å². The molecule has 0 aromatic heterocycles. The Morgan fingerprint density at radius 1 is 0.377 bits per heavy atom. The van der Waals surface area contributed by atoms with Crippen molar-refractivity contribution in [2.45, 2.75) is 303 Å². The van der Waals surface area contributed by atoms with E-state index in [1.54, 1.807) is 0 Å². The highest BCUT2D eigenvalue weighted by atomic mass is 16.2. The summed E-state index contributed by atoms with van der Waals surface area (Å²) in [5.74, 6) is 0.427. The minimum absolute atomic E-state index is 0.0113. The van der Waals surface area contributed by atoms with Gasteiger partial charge in [0.1, 0.15) is 0 Å². The summed E-state index contributed by atoms with van der Waals surface area (Å²) in [7, 11) is 0. The van der Waals surface area contributed by atoms with Gasteiger partial charge in [0.25, 0.3) is 0 Å². The molecule has 0 rings (SSSR count). The molecule has 0 aromatic rings. The zero-order valence-electron chi connectivity index (χ0n) is 41.9. The maximum absolute atomic E-state index is 13.5. The number of amides is 2. The zero-order chi connectivity index (χ0) is 44.4. The molecule has 0 bridgehead atoms. The summed E-state index contributed by atoms with van der Waals surface area (Å²) < 4.78 is 0. The number of allylic oxidation sites excluding steroid dienone is 6. The fourth-order valence-corrected chi connectivity index (χ4v) is 8.45. The second-order valence-electron chi connectivity index (χ2n) is 18.9. The first-order chi connectivity index (χ1) is 30.0. The van der Waals surface area contributed by atoms with Gasteiger partial charge >= 0.3 is 0 Å². The fourth-order valence-electron chi connectivity index (χ4n) is 8.45. The molecule has 358 valence electrons. The van der Waals surface area contributed by atoms with Crippen molar-refractivity contribution in [2.75, 3.05) is 13.1 Å². The van der Waals surface area contributed by atoms with Crippen LogP contribution in [-0.4, -0.2) is 35.8 Å². The quantitative estimate of drug-likeness (QED) is 0.0490. The molecule has 2 amide bonds. The molecule has 0 saturated heterocycles. The molecule has 0 fully saturated rings. The molecule has 1 unspecified atom stereocenters. The average molecular weight is 854 g/mol. The van der Waals surface area contributed by atoms with E-state index in [4.69, 9.17) is 0 Å². The van der Waals surface area contributed by atoms with Crippen LogP contribution in [0.3, 0.4) is 0 Å². The van der Waals surface area contributed by atoms with Gasteiger partial charge in [-0.25, -0.2) is 0 Å². The maximum Gasteiger partial charge on any atom is 0.222 e. The zero-order valence-corrected chi connectivity index (χ0v) is 41.9. The number of nitrogens with zero attached hydrogens (tertiary/aromatic N) is 1. The molecular formula is C57H108N2O2. The van der Waals surface area contributed by atoms with Crippen molar-refractivity contribution in [1.82, 2.24) is 10.2 Å². The van der Waals surface area contributed by atoms with Crippen molar-refractivity contribution in [3.63, 3.8) is 0 Å². The first kappa shape index (κ1) is 59.2. The van der Waals surface area contributed by atoms with Crippen LogP contribution in [0.25, 0.3) is 0 Å². The predicted molar refractivity (Wildman–Crippen MR) is 273 cm³/mol. The minimum atomic E-state index is -0.0113. The van der Waals surface area contributed by atoms with E-state index in [0.29, 0.717) is 19.4 Å². The first-order valence-corrected chi connectivity index (χ1v) is 27.6. The van der Waals surface area contributed by atoms with Crippen LogP contribution in [0.2, 0.25) is 0 Å². The van der Waals surface area contributed by atoms with Crippen molar-refractivity contribution in [3.8, 4) is 0 Å². The van der Waals surface area contributed by atoms with Crippen LogP contribution < -0.4 is 5.32 Å². The fraction of sp³-hybridized carbons (Fsp3) is 0.860. The second kappa shape index (κ2) is 50.8. The highest BCUT2D eigenvalue weighted by Gasteiger charge is 2.17. The lowest BCUT2D eigenvalue weighted by Gasteiger charge is -2.27. The normalized spacial score (nSPS) is 12.4. The molecule has 4 nitrogen and oxygen atoms in total. The van der Waals surface area contributed by atoms with Gasteiger partial charge in [0.2, 0.25) is 11.8 Å². The van der Waals surface area contributed by atoms with Crippen LogP contribution in [0.4, 0.5) is 0 Å². The highest BCUT2D eigenvalue weighted by molar-refractivity contribution is 5.77. The van der Waals surface area contributed by atoms with Crippen LogP contribution in [0.5, 0.6) is 0 Å². The van der Waals surface area contributed by atoms with Crippen LogP contribution in [0.15, 0.2) is 36.5 Å². The van der Waals surface area contributed by atoms with E-state index in [2.05, 4.69) is 74.4 Å². The third-order valence-electron chi connectivity index (χ3n) is 12.5. The summed E-state index contributed by atoms with van der Waals surface area (Å²) in [5, 5.41) is 3.24. The van der Waals surface area contributed by atoms with Crippen molar-refractivity contribution >= 4 is 11.8 Å². The average Bonchev–Trinajstić information content (AvgIpc) is 3.25. The van der Waals surface area contributed by atoms with Gasteiger partial charge in [-0.05, 0) is 103 Å². The third kappa shape index (κ3) is 47.5. The Hall–Kier alpha value is -1.84. The number of carbonyl (C=O) groups excluding carboxylic acids is 2. The van der Waals surface area contributed by atoms with E-state index >= 15 is 0 Å². The van der Waals surface area contributed by atoms with E-state index in [9.17, 15) is 9.59 Å². The van der Waals surface area contributed by atoms with Gasteiger partial charge in [0.05, 0.1) is 0 Å². The summed E-state index contributed by atoms with van der Waals surface area (Å²) in [4.78, 5) is 28.4. The predicted octanol–water partition coefficient (Wildman–Crippen LogP) is 18.4. The van der Waals surface area contributed by atoms with E-state index in [-0.39, 0.29) is 17.9 Å². The van der Waals surface area contributed by atoms with Gasteiger partial charge in [-0.15, -0.1) is 0 Å². The summed E-state index contributed by atoms with van der Waals surface area (Å²) in [6.45, 7) is 10.4. The number of rotatable bonds is 49. The Bertz CT molecular complexity index is 986. The van der Waals surface area contributed by atoms with Crippen molar-refractivity contribution in [3.05, 3.63) is 36.5 Å². The number of nitrogens with one attached hydrogen (secondary N) is 1. The van der Waals surface area contributed by atoms with Gasteiger partial charge in [-0.3, -0.25) is 9.59 Å². The molecule has 4 heteroatoms. The van der Waals surface area contributed by atoms with E-state index in [0.717, 1.165) is 38.6 Å². The molecule has 1 N–H and O–H groups in total. The Morgan fingerprint density at radius 2 is 0.656 bits per heavy atom. The molecule has 1 atom stereocenters. The Balaban J connectivity index is 4.40. The molecule has 0 saturated carbocycles. The molecule has 0 spiro atoms. The number of hydrogen-bond acceptors (Lipinski definition) is 2. The SMILES string of the molecule is CCCCCCCC/C=C\CCCCCCCCN(CC(C)NC(=O)CCCCCCC/C=C\CCCCCCCC)C(=O)CCCCCCC/C=C\CCCCCCCC. The first-order valence-electron chi connectivity index (χ1n) is 27.6. The van der Waals surface area contributed by atoms with Gasteiger partial charge in [0.15, 0.2) is 0 Å². The topological polar surface area (TPSA) is 49.4 Å².